The number of para-hydroxylation sites is 1. The molecule has 2 aromatic carbocycles. The Morgan fingerprint density at radius 3 is 2.66 bits per heavy atom. The fourth-order valence-corrected chi connectivity index (χ4v) is 5.22. The molecule has 7 heteroatoms. The van der Waals surface area contributed by atoms with Gasteiger partial charge in [0.1, 0.15) is 5.82 Å². The average molecular weight is 476 g/mol. The highest BCUT2D eigenvalue weighted by atomic mass is 19.1. The molecule has 1 aliphatic heterocycles. The van der Waals surface area contributed by atoms with Crippen molar-refractivity contribution in [2.45, 2.75) is 24.8 Å². The number of likely N-dealkylation sites (tertiary alicyclic amines) is 1. The zero-order valence-electron chi connectivity index (χ0n) is 19.9. The van der Waals surface area contributed by atoms with E-state index in [1.165, 1.54) is 12.3 Å². The molecule has 182 valence electrons. The molecule has 0 spiro atoms. The summed E-state index contributed by atoms with van der Waals surface area (Å²) in [6, 6.07) is 18.0. The normalized spacial score (nSPS) is 15.9. The van der Waals surface area contributed by atoms with Crippen molar-refractivity contribution in [1.29, 1.82) is 0 Å². The quantitative estimate of drug-likeness (QED) is 0.377. The number of H-pyrrole nitrogens is 1. The minimum Gasteiger partial charge on any atom is -0.459 e. The maximum atomic E-state index is 13.8. The summed E-state index contributed by atoms with van der Waals surface area (Å²) in [6.07, 6.45) is 5.87. The molecule has 1 fully saturated rings. The number of aromatic amines is 1. The van der Waals surface area contributed by atoms with E-state index in [0.717, 1.165) is 61.1 Å². The first-order chi connectivity index (χ1) is 17.1. The summed E-state index contributed by atoms with van der Waals surface area (Å²) >= 11 is 0. The van der Waals surface area contributed by atoms with E-state index in [4.69, 9.17) is 9.15 Å². The van der Waals surface area contributed by atoms with Gasteiger partial charge in [0.25, 0.3) is 5.91 Å². The molecule has 0 aliphatic carbocycles. The highest BCUT2D eigenvalue weighted by molar-refractivity contribution is 6.05. The lowest BCUT2D eigenvalue weighted by Crippen LogP contribution is -2.60. The monoisotopic (exact) mass is 475 g/mol. The number of fused-ring (bicyclic) bond motifs is 1. The van der Waals surface area contributed by atoms with Gasteiger partial charge in [-0.25, -0.2) is 4.39 Å². The van der Waals surface area contributed by atoms with Gasteiger partial charge in [-0.3, -0.25) is 9.69 Å². The number of amides is 1. The van der Waals surface area contributed by atoms with Gasteiger partial charge in [0.2, 0.25) is 0 Å². The average Bonchev–Trinajstić information content (AvgIpc) is 3.55. The van der Waals surface area contributed by atoms with E-state index in [9.17, 15) is 9.18 Å². The molecule has 5 rings (SSSR count). The zero-order valence-corrected chi connectivity index (χ0v) is 19.9. The second-order valence-corrected chi connectivity index (χ2v) is 9.21. The third-order valence-corrected chi connectivity index (χ3v) is 7.05. The molecule has 0 atom stereocenters. The molecular formula is C28H30FN3O3. The Morgan fingerprint density at radius 2 is 1.94 bits per heavy atom. The van der Waals surface area contributed by atoms with Crippen molar-refractivity contribution in [3.05, 3.63) is 90.3 Å². The van der Waals surface area contributed by atoms with Gasteiger partial charge >= 0.3 is 0 Å². The lowest BCUT2D eigenvalue weighted by Gasteiger charge is -2.48. The molecular weight excluding hydrogens is 445 g/mol. The highest BCUT2D eigenvalue weighted by Gasteiger charge is 2.44. The van der Waals surface area contributed by atoms with E-state index in [1.807, 2.05) is 41.4 Å². The maximum Gasteiger partial charge on any atom is 0.294 e. The largest absolute Gasteiger partial charge is 0.459 e. The zero-order chi connectivity index (χ0) is 24.3. The summed E-state index contributed by atoms with van der Waals surface area (Å²) in [4.78, 5) is 21.1. The first-order valence-electron chi connectivity index (χ1n) is 12.0. The number of aromatic nitrogens is 1. The number of piperidine rings is 1. The van der Waals surface area contributed by atoms with Crippen LogP contribution in [0, 0.1) is 5.82 Å². The number of hydrogen-bond donors (Lipinski definition) is 1. The Kier molecular flexibility index (Phi) is 6.70. The third-order valence-electron chi connectivity index (χ3n) is 7.05. The summed E-state index contributed by atoms with van der Waals surface area (Å²) < 4.78 is 24.9. The molecule has 1 amide bonds. The van der Waals surface area contributed by atoms with Crippen LogP contribution in [-0.4, -0.2) is 54.7 Å². The third kappa shape index (κ3) is 4.74. The van der Waals surface area contributed by atoms with Crippen molar-refractivity contribution >= 4 is 22.5 Å². The van der Waals surface area contributed by atoms with Crippen molar-refractivity contribution in [3.63, 3.8) is 0 Å². The smallest absolute Gasteiger partial charge is 0.294 e. The molecule has 0 saturated carbocycles. The topological polar surface area (TPSA) is 61.7 Å². The molecule has 1 aliphatic rings. The van der Waals surface area contributed by atoms with Crippen molar-refractivity contribution in [2.75, 3.05) is 38.3 Å². The Bertz CT molecular complexity index is 1260. The summed E-state index contributed by atoms with van der Waals surface area (Å²) in [7, 11) is 1.69. The fourth-order valence-electron chi connectivity index (χ4n) is 5.22. The number of carbonyl (C=O) groups excluding carboxylic acids is 1. The number of rotatable bonds is 8. The van der Waals surface area contributed by atoms with Gasteiger partial charge in [-0.05, 0) is 67.3 Å². The number of furan rings is 1. The standard InChI is InChI=1S/C28H30FN3O3/c1-34-20-28(32(23-6-3-2-4-7-23)27(33)26-8-5-17-35-26)12-15-31(16-13-28)14-11-21-19-30-25-10-9-22(29)18-24(21)25/h2-10,17-19,30H,11-16,20H2,1H3. The summed E-state index contributed by atoms with van der Waals surface area (Å²) in [5.74, 6) is -0.0613. The molecule has 0 bridgehead atoms. The predicted molar refractivity (Wildman–Crippen MR) is 134 cm³/mol. The first-order valence-corrected chi connectivity index (χ1v) is 12.0. The second kappa shape index (κ2) is 10.1. The SMILES string of the molecule is COCC1(N(C(=O)c2ccco2)c2ccccc2)CCN(CCc2c[nH]c3ccc(F)cc23)CC1. The van der Waals surface area contributed by atoms with Crippen molar-refractivity contribution in [3.8, 4) is 0 Å². The van der Waals surface area contributed by atoms with Gasteiger partial charge < -0.3 is 19.0 Å². The number of nitrogens with one attached hydrogen (secondary N) is 1. The Morgan fingerprint density at radius 1 is 1.14 bits per heavy atom. The van der Waals surface area contributed by atoms with E-state index < -0.39 is 5.54 Å². The number of benzene rings is 2. The molecule has 1 N–H and O–H groups in total. The Hall–Kier alpha value is -3.42. The lowest BCUT2D eigenvalue weighted by molar-refractivity contribution is 0.0610. The van der Waals surface area contributed by atoms with Gasteiger partial charge in [0.05, 0.1) is 18.4 Å². The van der Waals surface area contributed by atoms with Crippen LogP contribution in [0.2, 0.25) is 0 Å². The van der Waals surface area contributed by atoms with Crippen LogP contribution in [0.25, 0.3) is 10.9 Å². The maximum absolute atomic E-state index is 13.8. The second-order valence-electron chi connectivity index (χ2n) is 9.21. The van der Waals surface area contributed by atoms with Crippen LogP contribution in [0.4, 0.5) is 10.1 Å². The van der Waals surface area contributed by atoms with Crippen molar-refractivity contribution in [2.24, 2.45) is 0 Å². The van der Waals surface area contributed by atoms with Gasteiger partial charge in [-0.2, -0.15) is 0 Å². The van der Waals surface area contributed by atoms with Gasteiger partial charge in [-0.15, -0.1) is 0 Å². The number of anilines is 1. The van der Waals surface area contributed by atoms with Gasteiger partial charge in [-0.1, -0.05) is 18.2 Å². The number of nitrogens with zero attached hydrogens (tertiary/aromatic N) is 2. The van der Waals surface area contributed by atoms with E-state index >= 15 is 0 Å². The summed E-state index contributed by atoms with van der Waals surface area (Å²) in [6.45, 7) is 2.96. The number of methoxy groups -OCH3 is 1. The molecule has 6 nitrogen and oxygen atoms in total. The molecule has 0 unspecified atom stereocenters. The van der Waals surface area contributed by atoms with E-state index in [0.29, 0.717) is 12.4 Å². The fraction of sp³-hybridized carbons (Fsp3) is 0.321. The number of halogens is 1. The van der Waals surface area contributed by atoms with Crippen LogP contribution in [0.15, 0.2) is 77.5 Å². The molecule has 1 saturated heterocycles. The number of hydrogen-bond acceptors (Lipinski definition) is 4. The van der Waals surface area contributed by atoms with Crippen LogP contribution in [0.5, 0.6) is 0 Å². The number of carbonyl (C=O) groups is 1. The van der Waals surface area contributed by atoms with Crippen molar-refractivity contribution in [1.82, 2.24) is 9.88 Å². The summed E-state index contributed by atoms with van der Waals surface area (Å²) in [5, 5.41) is 0.940. The number of ether oxygens (including phenoxy) is 1. The van der Waals surface area contributed by atoms with Gasteiger partial charge in [0.15, 0.2) is 5.76 Å². The Balaban J connectivity index is 1.34. The summed E-state index contributed by atoms with van der Waals surface area (Å²) in [5.41, 5.74) is 2.42. The van der Waals surface area contributed by atoms with Gasteiger partial charge in [0, 0.05) is 49.5 Å². The predicted octanol–water partition coefficient (Wildman–Crippen LogP) is 5.27. The van der Waals surface area contributed by atoms with Crippen LogP contribution in [-0.2, 0) is 11.2 Å². The molecule has 3 heterocycles. The molecule has 4 aromatic rings. The highest BCUT2D eigenvalue weighted by Crippen LogP contribution is 2.35. The van der Waals surface area contributed by atoms with Crippen LogP contribution >= 0.6 is 0 Å². The molecule has 35 heavy (non-hydrogen) atoms. The van der Waals surface area contributed by atoms with E-state index in [2.05, 4.69) is 9.88 Å². The van der Waals surface area contributed by atoms with Crippen LogP contribution < -0.4 is 4.90 Å². The van der Waals surface area contributed by atoms with Crippen LogP contribution in [0.3, 0.4) is 0 Å². The van der Waals surface area contributed by atoms with Crippen LogP contribution in [0.1, 0.15) is 29.0 Å². The van der Waals surface area contributed by atoms with E-state index in [1.54, 1.807) is 31.4 Å². The van der Waals surface area contributed by atoms with E-state index in [-0.39, 0.29) is 11.7 Å². The van der Waals surface area contributed by atoms with Crippen molar-refractivity contribution < 1.29 is 18.3 Å². The molecule has 2 aromatic heterocycles. The Labute approximate surface area is 204 Å². The first kappa shape index (κ1) is 23.3. The lowest BCUT2D eigenvalue weighted by atomic mass is 9.85. The minimum absolute atomic E-state index is 0.160. The minimum atomic E-state index is -0.486. The molecule has 0 radical (unpaired) electrons.